The first-order valence-corrected chi connectivity index (χ1v) is 9.02. The molecule has 0 aliphatic carbocycles. The predicted octanol–water partition coefficient (Wildman–Crippen LogP) is 3.75. The van der Waals surface area contributed by atoms with Gasteiger partial charge < -0.3 is 14.6 Å². The van der Waals surface area contributed by atoms with Gasteiger partial charge in [0.2, 0.25) is 0 Å². The topological polar surface area (TPSA) is 64.4 Å². The van der Waals surface area contributed by atoms with Gasteiger partial charge in [-0.15, -0.1) is 11.8 Å². The number of alkyl halides is 3. The molecule has 2 aromatic rings. The van der Waals surface area contributed by atoms with Crippen molar-refractivity contribution < 1.29 is 27.2 Å². The number of hydrogen-bond acceptors (Lipinski definition) is 5. The zero-order chi connectivity index (χ0) is 18.6. The Balaban J connectivity index is 1.49. The summed E-state index contributed by atoms with van der Waals surface area (Å²) in [5.74, 6) is 0.846. The van der Waals surface area contributed by atoms with Crippen molar-refractivity contribution in [1.29, 1.82) is 0 Å². The fourth-order valence-electron chi connectivity index (χ4n) is 2.45. The summed E-state index contributed by atoms with van der Waals surface area (Å²) in [6.07, 6.45) is -3.42. The molecular formula is C17H17F3N2O3S. The Kier molecular flexibility index (Phi) is 5.87. The zero-order valence-electron chi connectivity index (χ0n) is 13.7. The van der Waals surface area contributed by atoms with E-state index >= 15 is 0 Å². The first-order valence-electron chi connectivity index (χ1n) is 8.03. The van der Waals surface area contributed by atoms with E-state index in [0.29, 0.717) is 35.5 Å². The molecule has 1 aromatic heterocycles. The van der Waals surface area contributed by atoms with Gasteiger partial charge in [0.1, 0.15) is 5.76 Å². The smallest absolute Gasteiger partial charge is 0.381 e. The summed E-state index contributed by atoms with van der Waals surface area (Å²) in [5, 5.41) is 6.53. The van der Waals surface area contributed by atoms with E-state index < -0.39 is 11.7 Å². The molecule has 140 valence electrons. The number of nitrogens with zero attached hydrogens (tertiary/aromatic N) is 1. The van der Waals surface area contributed by atoms with Crippen molar-refractivity contribution in [1.82, 2.24) is 10.5 Å². The number of hydrogen-bond donors (Lipinski definition) is 1. The third-order valence-corrected chi connectivity index (χ3v) is 4.96. The highest BCUT2D eigenvalue weighted by molar-refractivity contribution is 7.98. The van der Waals surface area contributed by atoms with E-state index in [0.717, 1.165) is 25.2 Å². The average Bonchev–Trinajstić information content (AvgIpc) is 3.29. The standard InChI is InChI=1S/C17H17F3N2O3S/c18-17(19,20)12-1-3-14(4-2-12)26-10-13-7-15(22-25-13)16(23)21-8-11-5-6-24-9-11/h1-4,7,11H,5-6,8-10H2,(H,21,23). The van der Waals surface area contributed by atoms with Crippen molar-refractivity contribution in [2.24, 2.45) is 5.92 Å². The highest BCUT2D eigenvalue weighted by Gasteiger charge is 2.29. The van der Waals surface area contributed by atoms with Gasteiger partial charge in [-0.25, -0.2) is 0 Å². The summed E-state index contributed by atoms with van der Waals surface area (Å²) in [6.45, 7) is 1.89. The molecule has 3 rings (SSSR count). The molecule has 1 amide bonds. The summed E-state index contributed by atoms with van der Waals surface area (Å²) < 4.78 is 48.0. The van der Waals surface area contributed by atoms with Gasteiger partial charge in [-0.05, 0) is 30.7 Å². The molecule has 1 N–H and O–H groups in total. The van der Waals surface area contributed by atoms with Crippen LogP contribution in [0.5, 0.6) is 0 Å². The number of ether oxygens (including phenoxy) is 1. The molecule has 1 saturated heterocycles. The molecule has 5 nitrogen and oxygen atoms in total. The minimum Gasteiger partial charge on any atom is -0.381 e. The highest BCUT2D eigenvalue weighted by Crippen LogP contribution is 2.31. The van der Waals surface area contributed by atoms with Crippen LogP contribution in [-0.4, -0.2) is 30.8 Å². The number of benzene rings is 1. The summed E-state index contributed by atoms with van der Waals surface area (Å²) in [6, 6.07) is 6.42. The van der Waals surface area contributed by atoms with Gasteiger partial charge in [-0.2, -0.15) is 13.2 Å². The molecule has 1 atom stereocenters. The normalized spacial score (nSPS) is 17.4. The summed E-state index contributed by atoms with van der Waals surface area (Å²) in [4.78, 5) is 12.7. The second-order valence-corrected chi connectivity index (χ2v) is 6.98. The van der Waals surface area contributed by atoms with Crippen LogP contribution >= 0.6 is 11.8 Å². The van der Waals surface area contributed by atoms with Gasteiger partial charge in [-0.1, -0.05) is 5.16 Å². The Hall–Kier alpha value is -2.00. The molecule has 26 heavy (non-hydrogen) atoms. The van der Waals surface area contributed by atoms with Crippen LogP contribution in [0, 0.1) is 5.92 Å². The molecule has 1 aliphatic rings. The van der Waals surface area contributed by atoms with E-state index in [4.69, 9.17) is 9.26 Å². The highest BCUT2D eigenvalue weighted by atomic mass is 32.2. The fourth-order valence-corrected chi connectivity index (χ4v) is 3.23. The Morgan fingerprint density at radius 1 is 1.31 bits per heavy atom. The van der Waals surface area contributed by atoms with Crippen molar-refractivity contribution >= 4 is 17.7 Å². The molecule has 0 radical (unpaired) electrons. The molecule has 1 unspecified atom stereocenters. The molecule has 2 heterocycles. The minimum absolute atomic E-state index is 0.187. The van der Waals surface area contributed by atoms with E-state index in [1.54, 1.807) is 0 Å². The fraction of sp³-hybridized carbons (Fsp3) is 0.412. The Bertz CT molecular complexity index is 740. The molecule has 1 aliphatic heterocycles. The van der Waals surface area contributed by atoms with Gasteiger partial charge in [0, 0.05) is 30.0 Å². The molecule has 0 bridgehead atoms. The van der Waals surface area contributed by atoms with E-state index in [1.165, 1.54) is 30.0 Å². The van der Waals surface area contributed by atoms with Crippen LogP contribution in [0.15, 0.2) is 39.8 Å². The number of thioether (sulfide) groups is 1. The summed E-state index contributed by atoms with van der Waals surface area (Å²) >= 11 is 1.30. The van der Waals surface area contributed by atoms with Gasteiger partial charge in [0.05, 0.1) is 17.9 Å². The van der Waals surface area contributed by atoms with Gasteiger partial charge in [-0.3, -0.25) is 4.79 Å². The Labute approximate surface area is 152 Å². The van der Waals surface area contributed by atoms with Gasteiger partial charge >= 0.3 is 6.18 Å². The molecule has 9 heteroatoms. The van der Waals surface area contributed by atoms with Crippen LogP contribution in [0.2, 0.25) is 0 Å². The van der Waals surface area contributed by atoms with E-state index in [-0.39, 0.29) is 11.6 Å². The van der Waals surface area contributed by atoms with Crippen molar-refractivity contribution in [3.8, 4) is 0 Å². The molecule has 0 saturated carbocycles. The number of carbonyl (C=O) groups excluding carboxylic acids is 1. The van der Waals surface area contributed by atoms with Crippen LogP contribution in [0.1, 0.15) is 28.2 Å². The van der Waals surface area contributed by atoms with E-state index in [2.05, 4.69) is 10.5 Å². The number of amides is 1. The second kappa shape index (κ2) is 8.13. The lowest BCUT2D eigenvalue weighted by Gasteiger charge is -2.07. The lowest BCUT2D eigenvalue weighted by atomic mass is 10.1. The first kappa shape index (κ1) is 18.8. The Morgan fingerprint density at radius 3 is 2.73 bits per heavy atom. The van der Waals surface area contributed by atoms with Crippen molar-refractivity contribution in [2.75, 3.05) is 19.8 Å². The summed E-state index contributed by atoms with van der Waals surface area (Å²) in [5.41, 5.74) is -0.500. The lowest BCUT2D eigenvalue weighted by molar-refractivity contribution is -0.137. The molecule has 1 aromatic carbocycles. The van der Waals surface area contributed by atoms with Gasteiger partial charge in [0.15, 0.2) is 5.69 Å². The number of aromatic nitrogens is 1. The molecule has 1 fully saturated rings. The van der Waals surface area contributed by atoms with Gasteiger partial charge in [0.25, 0.3) is 5.91 Å². The predicted molar refractivity (Wildman–Crippen MR) is 88.8 cm³/mol. The largest absolute Gasteiger partial charge is 0.416 e. The maximum atomic E-state index is 12.5. The van der Waals surface area contributed by atoms with Crippen molar-refractivity contribution in [3.05, 3.63) is 47.3 Å². The number of rotatable bonds is 6. The van der Waals surface area contributed by atoms with Crippen LogP contribution in [0.25, 0.3) is 0 Å². The number of nitrogens with one attached hydrogen (secondary N) is 1. The monoisotopic (exact) mass is 386 g/mol. The zero-order valence-corrected chi connectivity index (χ0v) is 14.5. The average molecular weight is 386 g/mol. The van der Waals surface area contributed by atoms with Crippen LogP contribution in [0.3, 0.4) is 0 Å². The Morgan fingerprint density at radius 2 is 2.08 bits per heavy atom. The lowest BCUT2D eigenvalue weighted by Crippen LogP contribution is -2.29. The third-order valence-electron chi connectivity index (χ3n) is 3.93. The summed E-state index contributed by atoms with van der Waals surface area (Å²) in [7, 11) is 0. The number of carbonyl (C=O) groups is 1. The van der Waals surface area contributed by atoms with Crippen LogP contribution in [0.4, 0.5) is 13.2 Å². The molecule has 0 spiro atoms. The van der Waals surface area contributed by atoms with Crippen molar-refractivity contribution in [3.63, 3.8) is 0 Å². The van der Waals surface area contributed by atoms with Crippen LogP contribution < -0.4 is 5.32 Å². The number of halogens is 3. The third kappa shape index (κ3) is 5.01. The molecular weight excluding hydrogens is 369 g/mol. The SMILES string of the molecule is O=C(NCC1CCOC1)c1cc(CSc2ccc(C(F)(F)F)cc2)on1. The maximum absolute atomic E-state index is 12.5. The minimum atomic E-state index is -4.35. The quantitative estimate of drug-likeness (QED) is 0.766. The van der Waals surface area contributed by atoms with Crippen molar-refractivity contribution in [2.45, 2.75) is 23.2 Å². The van der Waals surface area contributed by atoms with Crippen LogP contribution in [-0.2, 0) is 16.7 Å². The second-order valence-electron chi connectivity index (χ2n) is 5.93. The first-order chi connectivity index (χ1) is 12.4. The van der Waals surface area contributed by atoms with E-state index in [1.807, 2.05) is 0 Å². The van der Waals surface area contributed by atoms with E-state index in [9.17, 15) is 18.0 Å². The maximum Gasteiger partial charge on any atom is 0.416 e.